The van der Waals surface area contributed by atoms with Crippen LogP contribution in [-0.4, -0.2) is 62.3 Å². The molecule has 1 aliphatic carbocycles. The number of ether oxygens (including phenoxy) is 1. The van der Waals surface area contributed by atoms with Crippen LogP contribution < -0.4 is 10.5 Å². The van der Waals surface area contributed by atoms with Gasteiger partial charge in [-0.25, -0.2) is 14.4 Å². The number of nitrogens with two attached hydrogens (primary N) is 1. The van der Waals surface area contributed by atoms with Crippen molar-refractivity contribution in [2.75, 3.05) is 20.2 Å². The van der Waals surface area contributed by atoms with E-state index in [0.717, 1.165) is 33.9 Å². The second-order valence-electron chi connectivity index (χ2n) is 9.82. The van der Waals surface area contributed by atoms with E-state index in [1.54, 1.807) is 30.6 Å². The number of methoxy groups -OCH3 is 1. The maximum Gasteiger partial charge on any atom is 0.254 e. The minimum Gasteiger partial charge on any atom is -0.494 e. The van der Waals surface area contributed by atoms with Gasteiger partial charge in [-0.1, -0.05) is 6.42 Å². The fraction of sp³-hybridized carbons (Fsp3) is 0.480. The SMILES string of the molecule is COc1cc(C(=O)N2C[C@H](N)C[C@@H](F)C2)cc2nc(-c3cc4scnc4n3CC3CCC3)n(C)c12.Cl. The van der Waals surface area contributed by atoms with Crippen molar-refractivity contribution in [3.63, 3.8) is 0 Å². The summed E-state index contributed by atoms with van der Waals surface area (Å²) in [7, 11) is 3.55. The van der Waals surface area contributed by atoms with E-state index in [1.165, 1.54) is 24.2 Å². The zero-order valence-corrected chi connectivity index (χ0v) is 21.9. The van der Waals surface area contributed by atoms with E-state index in [4.69, 9.17) is 15.5 Å². The highest BCUT2D eigenvalue weighted by Gasteiger charge is 2.30. The Kier molecular flexibility index (Phi) is 6.69. The number of nitrogens with zero attached hydrogens (tertiary/aromatic N) is 5. The molecule has 3 aromatic heterocycles. The van der Waals surface area contributed by atoms with Crippen LogP contribution in [0.2, 0.25) is 0 Å². The summed E-state index contributed by atoms with van der Waals surface area (Å²) in [5.41, 5.74) is 11.8. The molecular formula is C25H30ClFN6O2S. The molecule has 1 amide bonds. The number of fused-ring (bicyclic) bond motifs is 2. The third-order valence-electron chi connectivity index (χ3n) is 7.40. The van der Waals surface area contributed by atoms with Gasteiger partial charge in [0, 0.05) is 31.7 Å². The molecule has 192 valence electrons. The monoisotopic (exact) mass is 532 g/mol. The molecule has 11 heteroatoms. The Labute approximate surface area is 218 Å². The standard InChI is InChI=1S/C25H29FN6O2S.ClH/c1-30-22-18(6-15(7-20(22)34-2)25(33)31-11-16(26)8-17(27)12-31)29-23(30)19-9-21-24(28-13-35-21)32(19)10-14-4-3-5-14;/h6-7,9,13-14,16-17H,3-5,8,10-12,27H2,1-2H3;1H/t16-,17-;/m1./s1. The van der Waals surface area contributed by atoms with Crippen LogP contribution in [0, 0.1) is 5.92 Å². The van der Waals surface area contributed by atoms with Gasteiger partial charge < -0.3 is 24.5 Å². The summed E-state index contributed by atoms with van der Waals surface area (Å²) in [6.07, 6.45) is 2.94. The van der Waals surface area contributed by atoms with Crippen LogP contribution in [0.5, 0.6) is 5.75 Å². The minimum atomic E-state index is -1.11. The van der Waals surface area contributed by atoms with Gasteiger partial charge in [0.1, 0.15) is 17.4 Å². The van der Waals surface area contributed by atoms with Crippen LogP contribution in [0.15, 0.2) is 23.7 Å². The first kappa shape index (κ1) is 25.0. The van der Waals surface area contributed by atoms with Crippen molar-refractivity contribution in [2.45, 2.75) is 44.4 Å². The van der Waals surface area contributed by atoms with Crippen LogP contribution in [0.1, 0.15) is 36.0 Å². The Bertz CT molecular complexity index is 1420. The molecule has 1 saturated heterocycles. The Hall–Kier alpha value is -2.69. The number of hydrogen-bond acceptors (Lipinski definition) is 6. The van der Waals surface area contributed by atoms with E-state index in [9.17, 15) is 9.18 Å². The number of halogens is 2. The van der Waals surface area contributed by atoms with Gasteiger partial charge >= 0.3 is 0 Å². The number of aryl methyl sites for hydroxylation is 1. The topological polar surface area (TPSA) is 91.2 Å². The third-order valence-corrected chi connectivity index (χ3v) is 8.17. The lowest BCUT2D eigenvalue weighted by Gasteiger charge is -2.33. The molecule has 2 atom stereocenters. The van der Waals surface area contributed by atoms with Crippen molar-refractivity contribution in [3.8, 4) is 17.3 Å². The molecule has 1 aliphatic heterocycles. The number of thiazole rings is 1. The molecule has 0 bridgehead atoms. The Balaban J connectivity index is 0.00000267. The van der Waals surface area contributed by atoms with Gasteiger partial charge in [-0.15, -0.1) is 23.7 Å². The first-order valence-corrected chi connectivity index (χ1v) is 13.0. The van der Waals surface area contributed by atoms with Crippen LogP contribution >= 0.6 is 23.7 Å². The van der Waals surface area contributed by atoms with Crippen molar-refractivity contribution in [3.05, 3.63) is 29.3 Å². The zero-order valence-electron chi connectivity index (χ0n) is 20.3. The summed E-state index contributed by atoms with van der Waals surface area (Å²) < 4.78 is 25.2. The predicted octanol–water partition coefficient (Wildman–Crippen LogP) is 4.39. The number of piperidine rings is 1. The number of rotatable bonds is 5. The first-order valence-electron chi connectivity index (χ1n) is 12.1. The number of likely N-dealkylation sites (tertiary alicyclic amines) is 1. The molecule has 8 nitrogen and oxygen atoms in total. The highest BCUT2D eigenvalue weighted by atomic mass is 35.5. The fourth-order valence-electron chi connectivity index (χ4n) is 5.41. The fourth-order valence-corrected chi connectivity index (χ4v) is 6.13. The number of carbonyl (C=O) groups is 1. The molecule has 36 heavy (non-hydrogen) atoms. The largest absolute Gasteiger partial charge is 0.494 e. The Morgan fingerprint density at radius 1 is 1.28 bits per heavy atom. The van der Waals surface area contributed by atoms with E-state index in [-0.39, 0.29) is 37.3 Å². The summed E-state index contributed by atoms with van der Waals surface area (Å²) >= 11 is 1.63. The maximum atomic E-state index is 14.1. The maximum absolute atomic E-state index is 14.1. The minimum absolute atomic E-state index is 0. The lowest BCUT2D eigenvalue weighted by atomic mass is 9.85. The molecule has 0 unspecified atom stereocenters. The normalized spacial score (nSPS) is 20.5. The van der Waals surface area contributed by atoms with E-state index < -0.39 is 6.17 Å². The van der Waals surface area contributed by atoms with Crippen molar-refractivity contribution < 1.29 is 13.9 Å². The lowest BCUT2D eigenvalue weighted by molar-refractivity contribution is 0.0606. The van der Waals surface area contributed by atoms with Crippen LogP contribution in [-0.2, 0) is 13.6 Å². The van der Waals surface area contributed by atoms with E-state index in [0.29, 0.717) is 29.3 Å². The number of aromatic nitrogens is 4. The predicted molar refractivity (Wildman–Crippen MR) is 142 cm³/mol. The van der Waals surface area contributed by atoms with Crippen molar-refractivity contribution in [2.24, 2.45) is 18.7 Å². The molecule has 4 aromatic rings. The smallest absolute Gasteiger partial charge is 0.254 e. The van der Waals surface area contributed by atoms with Gasteiger partial charge in [0.05, 0.1) is 35.1 Å². The van der Waals surface area contributed by atoms with Gasteiger partial charge in [-0.3, -0.25) is 4.79 Å². The molecule has 0 radical (unpaired) electrons. The average Bonchev–Trinajstić information content (AvgIpc) is 3.48. The number of imidazole rings is 1. The van der Waals surface area contributed by atoms with E-state index in [2.05, 4.69) is 15.6 Å². The first-order chi connectivity index (χ1) is 16.9. The summed E-state index contributed by atoms with van der Waals surface area (Å²) in [5, 5.41) is 0. The molecule has 1 saturated carbocycles. The summed E-state index contributed by atoms with van der Waals surface area (Å²) in [5.74, 6) is 1.77. The van der Waals surface area contributed by atoms with Gasteiger partial charge in [-0.05, 0) is 43.4 Å². The van der Waals surface area contributed by atoms with Crippen molar-refractivity contribution in [1.82, 2.24) is 24.0 Å². The third kappa shape index (κ3) is 4.14. The highest BCUT2D eigenvalue weighted by molar-refractivity contribution is 7.16. The number of hydrogen-bond donors (Lipinski definition) is 1. The van der Waals surface area contributed by atoms with E-state index >= 15 is 0 Å². The lowest BCUT2D eigenvalue weighted by Crippen LogP contribution is -2.50. The summed E-state index contributed by atoms with van der Waals surface area (Å²) in [4.78, 5) is 24.3. The van der Waals surface area contributed by atoms with Gasteiger partial charge in [-0.2, -0.15) is 0 Å². The Morgan fingerprint density at radius 2 is 2.08 bits per heavy atom. The summed E-state index contributed by atoms with van der Waals surface area (Å²) in [6.45, 7) is 1.32. The number of alkyl halides is 1. The van der Waals surface area contributed by atoms with Crippen LogP contribution in [0.3, 0.4) is 0 Å². The quantitative estimate of drug-likeness (QED) is 0.411. The second kappa shape index (κ2) is 9.64. The summed E-state index contributed by atoms with van der Waals surface area (Å²) in [6, 6.07) is 5.29. The average molecular weight is 533 g/mol. The highest BCUT2D eigenvalue weighted by Crippen LogP contribution is 2.37. The van der Waals surface area contributed by atoms with Gasteiger partial charge in [0.2, 0.25) is 0 Å². The molecule has 4 heterocycles. The molecule has 2 fully saturated rings. The molecular weight excluding hydrogens is 503 g/mol. The zero-order chi connectivity index (χ0) is 24.3. The molecule has 2 aliphatic rings. The van der Waals surface area contributed by atoms with Gasteiger partial charge in [0.25, 0.3) is 5.91 Å². The van der Waals surface area contributed by atoms with Gasteiger partial charge in [0.15, 0.2) is 11.5 Å². The molecule has 6 rings (SSSR count). The van der Waals surface area contributed by atoms with Crippen LogP contribution in [0.25, 0.3) is 32.9 Å². The van der Waals surface area contributed by atoms with E-state index in [1.807, 2.05) is 17.1 Å². The number of amides is 1. The Morgan fingerprint density at radius 3 is 2.78 bits per heavy atom. The number of carbonyl (C=O) groups excluding carboxylic acids is 1. The molecule has 0 spiro atoms. The van der Waals surface area contributed by atoms with Crippen molar-refractivity contribution in [1.29, 1.82) is 0 Å². The van der Waals surface area contributed by atoms with Crippen molar-refractivity contribution >= 4 is 51.0 Å². The van der Waals surface area contributed by atoms with Crippen LogP contribution in [0.4, 0.5) is 4.39 Å². The molecule has 1 aromatic carbocycles. The second-order valence-corrected chi connectivity index (χ2v) is 10.7. The molecule has 2 N–H and O–H groups in total. The number of benzene rings is 1.